The number of benzene rings is 1. The number of guanidine groups is 2. The topological polar surface area (TPSA) is 161 Å². The number of nitrogens with one attached hydrogen (secondary N) is 2. The van der Waals surface area contributed by atoms with Gasteiger partial charge in [0, 0.05) is 10.4 Å². The number of hydrogen-bond donors (Lipinski definition) is 4. The van der Waals surface area contributed by atoms with Crippen molar-refractivity contribution in [3.8, 4) is 11.5 Å². The van der Waals surface area contributed by atoms with E-state index in [1.165, 1.54) is 17.4 Å². The number of aliphatic imine (C=N–C) groups is 2. The highest BCUT2D eigenvalue weighted by Crippen LogP contribution is 2.29. The second-order valence-corrected chi connectivity index (χ2v) is 8.78. The fourth-order valence-corrected chi connectivity index (χ4v) is 4.63. The third kappa shape index (κ3) is 4.18. The molecule has 0 saturated carbocycles. The zero-order valence-electron chi connectivity index (χ0n) is 14.6. The second-order valence-electron chi connectivity index (χ2n) is 5.85. The van der Waals surface area contributed by atoms with Gasteiger partial charge in [0.05, 0.1) is 5.69 Å². The summed E-state index contributed by atoms with van der Waals surface area (Å²) in [5.41, 5.74) is 11.6. The minimum absolute atomic E-state index is 0.0596. The first kappa shape index (κ1) is 19.2. The molecule has 6 N–H and O–H groups in total. The van der Waals surface area contributed by atoms with Gasteiger partial charge in [-0.25, -0.2) is 23.1 Å². The van der Waals surface area contributed by atoms with Crippen LogP contribution in [-0.4, -0.2) is 25.3 Å². The van der Waals surface area contributed by atoms with Crippen LogP contribution in [0.1, 0.15) is 5.76 Å². The van der Waals surface area contributed by atoms with Crippen LogP contribution in [0.3, 0.4) is 0 Å². The molecule has 0 atom stereocenters. The van der Waals surface area contributed by atoms with Crippen molar-refractivity contribution >= 4 is 55.7 Å². The maximum Gasteiger partial charge on any atom is 0.266 e. The largest absolute Gasteiger partial charge is 0.457 e. The first-order valence-electron chi connectivity index (χ1n) is 8.08. The van der Waals surface area contributed by atoms with Gasteiger partial charge < -0.3 is 21.2 Å². The molecule has 2 aromatic heterocycles. The van der Waals surface area contributed by atoms with Crippen LogP contribution in [0.2, 0.25) is 5.02 Å². The molecule has 13 heteroatoms. The van der Waals surface area contributed by atoms with E-state index in [1.54, 1.807) is 29.6 Å². The van der Waals surface area contributed by atoms with Crippen molar-refractivity contribution in [1.82, 2.24) is 9.71 Å². The summed E-state index contributed by atoms with van der Waals surface area (Å²) >= 11 is 7.14. The summed E-state index contributed by atoms with van der Waals surface area (Å²) in [7, 11) is -3.76. The molecule has 0 spiro atoms. The molecule has 0 unspecified atom stereocenters. The molecule has 0 saturated heterocycles. The molecule has 0 radical (unpaired) electrons. The first-order valence-corrected chi connectivity index (χ1v) is 10.8. The molecule has 29 heavy (non-hydrogen) atoms. The Morgan fingerprint density at radius 1 is 1.28 bits per heavy atom. The SMILES string of the molecule is NC(N)=Nc1nc(-c2ccc(CN=C3Nc4ccc(Cl)cc4S(=O)(=O)N3)o2)cs1. The highest BCUT2D eigenvalue weighted by atomic mass is 35.5. The number of halogens is 1. The fraction of sp³-hybridized carbons (Fsp3) is 0.0625. The summed E-state index contributed by atoms with van der Waals surface area (Å²) in [5, 5.41) is 5.42. The molecule has 1 aromatic carbocycles. The number of furan rings is 1. The predicted molar refractivity (Wildman–Crippen MR) is 112 cm³/mol. The lowest BCUT2D eigenvalue weighted by atomic mass is 10.3. The monoisotopic (exact) mass is 451 g/mol. The normalized spacial score (nSPS) is 16.0. The van der Waals surface area contributed by atoms with Crippen molar-refractivity contribution in [2.75, 3.05) is 5.32 Å². The van der Waals surface area contributed by atoms with E-state index >= 15 is 0 Å². The van der Waals surface area contributed by atoms with Gasteiger partial charge in [0.1, 0.15) is 22.9 Å². The van der Waals surface area contributed by atoms with Crippen LogP contribution in [0.5, 0.6) is 0 Å². The first-order chi connectivity index (χ1) is 13.8. The van der Waals surface area contributed by atoms with Crippen molar-refractivity contribution in [2.24, 2.45) is 21.5 Å². The van der Waals surface area contributed by atoms with Crippen LogP contribution in [0.25, 0.3) is 11.5 Å². The zero-order chi connectivity index (χ0) is 20.6. The molecule has 150 valence electrons. The van der Waals surface area contributed by atoms with Crippen LogP contribution in [0, 0.1) is 0 Å². The zero-order valence-corrected chi connectivity index (χ0v) is 17.0. The summed E-state index contributed by atoms with van der Waals surface area (Å²) in [4.78, 5) is 12.4. The van der Waals surface area contributed by atoms with E-state index in [1.807, 2.05) is 0 Å². The Bertz CT molecular complexity index is 1240. The minimum atomic E-state index is -3.76. The number of thiazole rings is 1. The lowest BCUT2D eigenvalue weighted by Crippen LogP contribution is -2.40. The van der Waals surface area contributed by atoms with E-state index in [-0.39, 0.29) is 23.4 Å². The van der Waals surface area contributed by atoms with Gasteiger partial charge in [-0.05, 0) is 30.3 Å². The maximum atomic E-state index is 12.4. The number of nitrogens with two attached hydrogens (primary N) is 2. The van der Waals surface area contributed by atoms with Crippen molar-refractivity contribution < 1.29 is 12.8 Å². The Balaban J connectivity index is 1.51. The highest BCUT2D eigenvalue weighted by molar-refractivity contribution is 7.90. The minimum Gasteiger partial charge on any atom is -0.457 e. The van der Waals surface area contributed by atoms with E-state index in [0.717, 1.165) is 0 Å². The van der Waals surface area contributed by atoms with Crippen molar-refractivity contribution in [3.05, 3.63) is 46.5 Å². The van der Waals surface area contributed by atoms with Crippen molar-refractivity contribution in [1.29, 1.82) is 0 Å². The van der Waals surface area contributed by atoms with Gasteiger partial charge in [-0.2, -0.15) is 4.99 Å². The van der Waals surface area contributed by atoms with Crippen molar-refractivity contribution in [3.63, 3.8) is 0 Å². The van der Waals surface area contributed by atoms with Gasteiger partial charge in [0.15, 0.2) is 11.7 Å². The number of anilines is 1. The molecule has 3 heterocycles. The average molecular weight is 452 g/mol. The second kappa shape index (κ2) is 7.39. The predicted octanol–water partition coefficient (Wildman–Crippen LogP) is 2.22. The Labute approximate surface area is 174 Å². The van der Waals surface area contributed by atoms with E-state index in [2.05, 4.69) is 25.0 Å². The van der Waals surface area contributed by atoms with Gasteiger partial charge in [-0.3, -0.25) is 0 Å². The third-order valence-electron chi connectivity index (χ3n) is 3.74. The molecule has 10 nitrogen and oxygen atoms in total. The number of sulfonamides is 1. The Morgan fingerprint density at radius 2 is 2.10 bits per heavy atom. The molecule has 4 rings (SSSR count). The summed E-state index contributed by atoms with van der Waals surface area (Å²) in [5.74, 6) is 1.05. The van der Waals surface area contributed by atoms with Gasteiger partial charge in [0.2, 0.25) is 11.1 Å². The van der Waals surface area contributed by atoms with Gasteiger partial charge in [-0.15, -0.1) is 11.3 Å². The summed E-state index contributed by atoms with van der Waals surface area (Å²) in [6.45, 7) is 0.110. The van der Waals surface area contributed by atoms with E-state index < -0.39 is 10.0 Å². The van der Waals surface area contributed by atoms with Crippen molar-refractivity contribution in [2.45, 2.75) is 11.4 Å². The molecule has 0 amide bonds. The Hall–Kier alpha value is -3.09. The van der Waals surface area contributed by atoms with Crippen LogP contribution in [0.15, 0.2) is 55.0 Å². The molecular formula is C16H14ClN7O3S2. The third-order valence-corrected chi connectivity index (χ3v) is 6.09. The van der Waals surface area contributed by atoms with Gasteiger partial charge in [-0.1, -0.05) is 11.6 Å². The lowest BCUT2D eigenvalue weighted by molar-refractivity contribution is 0.524. The molecule has 0 fully saturated rings. The average Bonchev–Trinajstić information content (AvgIpc) is 3.29. The van der Waals surface area contributed by atoms with Gasteiger partial charge >= 0.3 is 0 Å². The number of aromatic nitrogens is 1. The summed E-state index contributed by atoms with van der Waals surface area (Å²) in [6.07, 6.45) is 0. The highest BCUT2D eigenvalue weighted by Gasteiger charge is 2.26. The molecule has 3 aromatic rings. The van der Waals surface area contributed by atoms with E-state index in [4.69, 9.17) is 27.5 Å². The number of hydrogen-bond acceptors (Lipinski definition) is 7. The molecule has 1 aliphatic rings. The standard InChI is InChI=1S/C16H14ClN7O3S2/c17-8-1-3-10-13(5-8)29(25,26)24-15(21-10)20-6-9-2-4-12(27-9)11-7-28-16(22-11)23-14(18)19/h1-5,7H,6H2,(H2,20,21,24)(H4,18,19,22,23). The number of fused-ring (bicyclic) bond motifs is 1. The number of rotatable bonds is 4. The number of nitrogens with zero attached hydrogens (tertiary/aromatic N) is 3. The summed E-state index contributed by atoms with van der Waals surface area (Å²) < 4.78 is 32.8. The molecule has 1 aliphatic heterocycles. The van der Waals surface area contributed by atoms with E-state index in [0.29, 0.717) is 33.1 Å². The molecular weight excluding hydrogens is 438 g/mol. The van der Waals surface area contributed by atoms with Gasteiger partial charge in [0.25, 0.3) is 10.0 Å². The smallest absolute Gasteiger partial charge is 0.266 e. The van der Waals surface area contributed by atoms with Crippen LogP contribution in [-0.2, 0) is 16.6 Å². The summed E-state index contributed by atoms with van der Waals surface area (Å²) in [6, 6.07) is 8.00. The van der Waals surface area contributed by atoms with Crippen LogP contribution in [0.4, 0.5) is 10.8 Å². The maximum absolute atomic E-state index is 12.4. The van der Waals surface area contributed by atoms with E-state index in [9.17, 15) is 8.42 Å². The van der Waals surface area contributed by atoms with Crippen LogP contribution >= 0.6 is 22.9 Å². The Morgan fingerprint density at radius 3 is 2.90 bits per heavy atom. The fourth-order valence-electron chi connectivity index (χ4n) is 2.53. The molecule has 0 bridgehead atoms. The lowest BCUT2D eigenvalue weighted by Gasteiger charge is -2.21. The molecule has 0 aliphatic carbocycles. The Kier molecular flexibility index (Phi) is 4.90. The van der Waals surface area contributed by atoms with Crippen LogP contribution < -0.4 is 21.5 Å². The quantitative estimate of drug-likeness (QED) is 0.349.